The van der Waals surface area contributed by atoms with Crippen molar-refractivity contribution in [2.75, 3.05) is 26.3 Å². The van der Waals surface area contributed by atoms with Gasteiger partial charge < -0.3 is 20.3 Å². The van der Waals surface area contributed by atoms with Gasteiger partial charge in [-0.2, -0.15) is 0 Å². The van der Waals surface area contributed by atoms with Crippen molar-refractivity contribution in [3.63, 3.8) is 0 Å². The maximum atomic E-state index is 12.5. The SMILES string of the molecule is CCC(NC(=O)NC1Cc2ccccc2C1)C(=O)N1CCOCC1. The Bertz CT molecular complexity index is 574. The fraction of sp³-hybridized carbons (Fsp3) is 0.556. The predicted molar refractivity (Wildman–Crippen MR) is 90.8 cm³/mol. The first kappa shape index (κ1) is 16.8. The largest absolute Gasteiger partial charge is 0.378 e. The van der Waals surface area contributed by atoms with Gasteiger partial charge in [0.15, 0.2) is 0 Å². The lowest BCUT2D eigenvalue weighted by Crippen LogP contribution is -2.54. The van der Waals surface area contributed by atoms with Crippen LogP contribution >= 0.6 is 0 Å². The molecule has 1 heterocycles. The van der Waals surface area contributed by atoms with Crippen molar-refractivity contribution in [3.8, 4) is 0 Å². The molecule has 1 aliphatic heterocycles. The third kappa shape index (κ3) is 3.87. The normalized spacial score (nSPS) is 18.8. The van der Waals surface area contributed by atoms with E-state index >= 15 is 0 Å². The molecule has 1 unspecified atom stereocenters. The summed E-state index contributed by atoms with van der Waals surface area (Å²) >= 11 is 0. The Morgan fingerprint density at radius 1 is 1.21 bits per heavy atom. The van der Waals surface area contributed by atoms with Crippen molar-refractivity contribution in [3.05, 3.63) is 35.4 Å². The van der Waals surface area contributed by atoms with Gasteiger partial charge in [-0.1, -0.05) is 31.2 Å². The summed E-state index contributed by atoms with van der Waals surface area (Å²) in [7, 11) is 0. The van der Waals surface area contributed by atoms with Crippen LogP contribution in [0.15, 0.2) is 24.3 Å². The summed E-state index contributed by atoms with van der Waals surface area (Å²) in [6.07, 6.45) is 2.27. The third-order valence-corrected chi connectivity index (χ3v) is 4.72. The minimum Gasteiger partial charge on any atom is -0.378 e. The summed E-state index contributed by atoms with van der Waals surface area (Å²) in [6, 6.07) is 7.61. The number of carbonyl (C=O) groups excluding carboxylic acids is 2. The molecule has 6 nitrogen and oxygen atoms in total. The zero-order chi connectivity index (χ0) is 16.9. The van der Waals surface area contributed by atoms with Crippen LogP contribution in [0.25, 0.3) is 0 Å². The van der Waals surface area contributed by atoms with E-state index in [2.05, 4.69) is 22.8 Å². The molecule has 1 aromatic carbocycles. The first-order valence-electron chi connectivity index (χ1n) is 8.67. The minimum absolute atomic E-state index is 0.0225. The van der Waals surface area contributed by atoms with Gasteiger partial charge in [0.1, 0.15) is 6.04 Å². The molecule has 2 aliphatic rings. The molecular weight excluding hydrogens is 306 g/mol. The molecule has 1 fully saturated rings. The summed E-state index contributed by atoms with van der Waals surface area (Å²) in [4.78, 5) is 26.6. The van der Waals surface area contributed by atoms with E-state index in [1.165, 1.54) is 11.1 Å². The van der Waals surface area contributed by atoms with Crippen molar-refractivity contribution < 1.29 is 14.3 Å². The number of urea groups is 1. The number of ether oxygens (including phenoxy) is 1. The first-order chi connectivity index (χ1) is 11.7. The number of rotatable bonds is 4. The second-order valence-corrected chi connectivity index (χ2v) is 6.39. The van der Waals surface area contributed by atoms with Gasteiger partial charge in [0.05, 0.1) is 13.2 Å². The maximum absolute atomic E-state index is 12.5. The van der Waals surface area contributed by atoms with Gasteiger partial charge in [-0.15, -0.1) is 0 Å². The van der Waals surface area contributed by atoms with Crippen LogP contribution in [-0.4, -0.2) is 55.2 Å². The van der Waals surface area contributed by atoms with Crippen molar-refractivity contribution in [1.82, 2.24) is 15.5 Å². The maximum Gasteiger partial charge on any atom is 0.315 e. The molecule has 1 aromatic rings. The highest BCUT2D eigenvalue weighted by molar-refractivity contribution is 5.87. The highest BCUT2D eigenvalue weighted by Crippen LogP contribution is 2.21. The van der Waals surface area contributed by atoms with Crippen LogP contribution < -0.4 is 10.6 Å². The smallest absolute Gasteiger partial charge is 0.315 e. The van der Waals surface area contributed by atoms with E-state index in [4.69, 9.17) is 4.74 Å². The molecule has 0 aromatic heterocycles. The summed E-state index contributed by atoms with van der Waals surface area (Å²) in [6.45, 7) is 4.23. The second-order valence-electron chi connectivity index (χ2n) is 6.39. The number of morpholine rings is 1. The quantitative estimate of drug-likeness (QED) is 0.868. The Labute approximate surface area is 142 Å². The monoisotopic (exact) mass is 331 g/mol. The van der Waals surface area contributed by atoms with E-state index < -0.39 is 6.04 Å². The molecule has 24 heavy (non-hydrogen) atoms. The Morgan fingerprint density at radius 3 is 2.42 bits per heavy atom. The Balaban J connectivity index is 1.51. The molecule has 1 saturated heterocycles. The summed E-state index contributed by atoms with van der Waals surface area (Å²) in [5.74, 6) is -0.0225. The zero-order valence-electron chi connectivity index (χ0n) is 14.1. The highest BCUT2D eigenvalue weighted by atomic mass is 16.5. The summed E-state index contributed by atoms with van der Waals surface area (Å²) in [5.41, 5.74) is 2.58. The molecule has 0 spiro atoms. The summed E-state index contributed by atoms with van der Waals surface area (Å²) in [5, 5.41) is 5.84. The number of nitrogens with one attached hydrogen (secondary N) is 2. The van der Waals surface area contributed by atoms with Gasteiger partial charge >= 0.3 is 6.03 Å². The number of nitrogens with zero attached hydrogens (tertiary/aromatic N) is 1. The van der Waals surface area contributed by atoms with Crippen molar-refractivity contribution >= 4 is 11.9 Å². The standard InChI is InChI=1S/C18H25N3O3/c1-2-16(17(22)21-7-9-24-10-8-21)20-18(23)19-15-11-13-5-3-4-6-14(13)12-15/h3-6,15-16H,2,7-12H2,1H3,(H2,19,20,23). The lowest BCUT2D eigenvalue weighted by molar-refractivity contribution is -0.137. The van der Waals surface area contributed by atoms with Crippen LogP contribution in [0.2, 0.25) is 0 Å². The van der Waals surface area contributed by atoms with E-state index in [0.717, 1.165) is 12.8 Å². The van der Waals surface area contributed by atoms with Gasteiger partial charge in [0.2, 0.25) is 5.91 Å². The van der Waals surface area contributed by atoms with E-state index in [9.17, 15) is 9.59 Å². The minimum atomic E-state index is -0.480. The number of hydrogen-bond acceptors (Lipinski definition) is 3. The van der Waals surface area contributed by atoms with Crippen LogP contribution in [0, 0.1) is 0 Å². The van der Waals surface area contributed by atoms with E-state index in [1.807, 2.05) is 19.1 Å². The molecule has 3 amide bonds. The molecule has 2 N–H and O–H groups in total. The van der Waals surface area contributed by atoms with Crippen LogP contribution in [0.5, 0.6) is 0 Å². The lowest BCUT2D eigenvalue weighted by Gasteiger charge is -2.30. The number of carbonyl (C=O) groups is 2. The Hall–Kier alpha value is -2.08. The molecule has 1 aliphatic carbocycles. The van der Waals surface area contributed by atoms with Crippen LogP contribution in [0.4, 0.5) is 4.79 Å². The molecule has 3 rings (SSSR count). The predicted octanol–water partition coefficient (Wildman–Crippen LogP) is 1.09. The number of benzene rings is 1. The van der Waals surface area contributed by atoms with Crippen molar-refractivity contribution in [2.24, 2.45) is 0 Å². The van der Waals surface area contributed by atoms with E-state index in [0.29, 0.717) is 32.7 Å². The van der Waals surface area contributed by atoms with Gasteiger partial charge in [0, 0.05) is 19.1 Å². The highest BCUT2D eigenvalue weighted by Gasteiger charge is 2.27. The number of amides is 3. The molecule has 0 bridgehead atoms. The first-order valence-corrected chi connectivity index (χ1v) is 8.67. The lowest BCUT2D eigenvalue weighted by atomic mass is 10.1. The molecule has 6 heteroatoms. The molecular formula is C18H25N3O3. The Kier molecular flexibility index (Phi) is 5.35. The van der Waals surface area contributed by atoms with Gasteiger partial charge in [0.25, 0.3) is 0 Å². The van der Waals surface area contributed by atoms with Crippen molar-refractivity contribution in [1.29, 1.82) is 0 Å². The second kappa shape index (κ2) is 7.66. The number of fused-ring (bicyclic) bond motifs is 1. The van der Waals surface area contributed by atoms with Gasteiger partial charge in [-0.3, -0.25) is 4.79 Å². The fourth-order valence-corrected chi connectivity index (χ4v) is 3.39. The molecule has 1 atom stereocenters. The Morgan fingerprint density at radius 2 is 1.83 bits per heavy atom. The van der Waals surface area contributed by atoms with E-state index in [1.54, 1.807) is 4.90 Å². The van der Waals surface area contributed by atoms with E-state index in [-0.39, 0.29) is 18.0 Å². The average Bonchev–Trinajstić information content (AvgIpc) is 3.02. The molecule has 130 valence electrons. The fourth-order valence-electron chi connectivity index (χ4n) is 3.39. The van der Waals surface area contributed by atoms with Gasteiger partial charge in [-0.25, -0.2) is 4.79 Å². The average molecular weight is 331 g/mol. The molecule has 0 radical (unpaired) electrons. The summed E-state index contributed by atoms with van der Waals surface area (Å²) < 4.78 is 5.27. The number of hydrogen-bond donors (Lipinski definition) is 2. The van der Waals surface area contributed by atoms with Crippen LogP contribution in [-0.2, 0) is 22.4 Å². The van der Waals surface area contributed by atoms with Crippen LogP contribution in [0.3, 0.4) is 0 Å². The topological polar surface area (TPSA) is 70.7 Å². The van der Waals surface area contributed by atoms with Gasteiger partial charge in [-0.05, 0) is 30.4 Å². The molecule has 0 saturated carbocycles. The third-order valence-electron chi connectivity index (χ3n) is 4.72. The zero-order valence-corrected chi connectivity index (χ0v) is 14.1. The van der Waals surface area contributed by atoms with Crippen LogP contribution in [0.1, 0.15) is 24.5 Å². The van der Waals surface area contributed by atoms with Crippen molar-refractivity contribution in [2.45, 2.75) is 38.3 Å².